The van der Waals surface area contributed by atoms with Crippen LogP contribution in [0.4, 0.5) is 0 Å². The summed E-state index contributed by atoms with van der Waals surface area (Å²) in [6.07, 6.45) is 7.95. The van der Waals surface area contributed by atoms with Crippen LogP contribution in [0.2, 0.25) is 0 Å². The van der Waals surface area contributed by atoms with Gasteiger partial charge in [-0.2, -0.15) is 5.10 Å². The van der Waals surface area contributed by atoms with E-state index in [1.807, 2.05) is 30.7 Å². The van der Waals surface area contributed by atoms with Gasteiger partial charge in [-0.1, -0.05) is 0 Å². The summed E-state index contributed by atoms with van der Waals surface area (Å²) in [7, 11) is 0. The highest BCUT2D eigenvalue weighted by atomic mass is 32.1. The Morgan fingerprint density at radius 1 is 1.21 bits per heavy atom. The van der Waals surface area contributed by atoms with Gasteiger partial charge in [0.1, 0.15) is 5.65 Å². The number of nitrogens with one attached hydrogen (secondary N) is 1. The van der Waals surface area contributed by atoms with Crippen LogP contribution in [-0.2, 0) is 6.54 Å². The van der Waals surface area contributed by atoms with Gasteiger partial charge >= 0.3 is 0 Å². The minimum Gasteiger partial charge on any atom is -0.314 e. The largest absolute Gasteiger partial charge is 0.314 e. The lowest BCUT2D eigenvalue weighted by Gasteiger charge is -2.26. The van der Waals surface area contributed by atoms with E-state index in [4.69, 9.17) is 6.57 Å². The molecule has 0 atom stereocenters. The Hall–Kier alpha value is -2.95. The van der Waals surface area contributed by atoms with Crippen molar-refractivity contribution in [3.63, 3.8) is 0 Å². The second-order valence-electron chi connectivity index (χ2n) is 7.60. The molecule has 4 aromatic heterocycles. The van der Waals surface area contributed by atoms with Gasteiger partial charge in [-0.05, 0) is 31.2 Å². The molecule has 1 fully saturated rings. The Bertz CT molecular complexity index is 1190. The molecule has 7 heteroatoms. The molecule has 5 heterocycles. The topological polar surface area (TPSA) is 53.6 Å². The van der Waals surface area contributed by atoms with Gasteiger partial charge in [-0.15, -0.1) is 11.3 Å². The van der Waals surface area contributed by atoms with E-state index < -0.39 is 0 Å². The highest BCUT2D eigenvalue weighted by Gasteiger charge is 2.22. The molecule has 6 nitrogen and oxygen atoms in total. The number of nitrogens with zero attached hydrogens (tertiary/aromatic N) is 5. The average molecular weight is 403 g/mol. The van der Waals surface area contributed by atoms with E-state index in [0.717, 1.165) is 60.6 Å². The fourth-order valence-corrected chi connectivity index (χ4v) is 5.05. The molecule has 0 spiro atoms. The fraction of sp³-hybridized carbons (Fsp3) is 0.318. The van der Waals surface area contributed by atoms with E-state index in [2.05, 4.69) is 59.8 Å². The summed E-state index contributed by atoms with van der Waals surface area (Å²) in [6, 6.07) is 8.80. The third-order valence-corrected chi connectivity index (χ3v) is 6.77. The van der Waals surface area contributed by atoms with Crippen molar-refractivity contribution in [3.8, 4) is 21.7 Å². The van der Waals surface area contributed by atoms with E-state index in [-0.39, 0.29) is 6.04 Å². The van der Waals surface area contributed by atoms with Crippen LogP contribution < -0.4 is 0 Å². The van der Waals surface area contributed by atoms with Crippen molar-refractivity contribution in [1.29, 1.82) is 0 Å². The zero-order valence-electron chi connectivity index (χ0n) is 16.3. The van der Waals surface area contributed by atoms with Gasteiger partial charge in [0.15, 0.2) is 0 Å². The quantitative estimate of drug-likeness (QED) is 0.506. The number of rotatable bonds is 4. The zero-order chi connectivity index (χ0) is 19.8. The molecule has 4 aromatic rings. The first kappa shape index (κ1) is 18.1. The minimum atomic E-state index is 0.219. The van der Waals surface area contributed by atoms with Crippen LogP contribution in [-0.4, -0.2) is 43.6 Å². The number of likely N-dealkylation sites (tertiary alicyclic amines) is 1. The Morgan fingerprint density at radius 3 is 2.83 bits per heavy atom. The van der Waals surface area contributed by atoms with E-state index in [9.17, 15) is 0 Å². The highest BCUT2D eigenvalue weighted by molar-refractivity contribution is 7.15. The molecule has 0 saturated carbocycles. The van der Waals surface area contributed by atoms with Crippen LogP contribution in [0.3, 0.4) is 0 Å². The second-order valence-corrected chi connectivity index (χ2v) is 8.77. The number of fused-ring (bicyclic) bond motifs is 1. The van der Waals surface area contributed by atoms with Crippen LogP contribution in [0.15, 0.2) is 42.9 Å². The smallest absolute Gasteiger partial charge is 0.226 e. The maximum Gasteiger partial charge on any atom is 0.226 e. The predicted octanol–water partition coefficient (Wildman–Crippen LogP) is 4.65. The van der Waals surface area contributed by atoms with E-state index in [1.165, 1.54) is 9.75 Å². The Labute approximate surface area is 173 Å². The molecule has 0 amide bonds. The summed E-state index contributed by atoms with van der Waals surface area (Å²) in [5, 5.41) is 7.16. The number of H-pyrrole nitrogens is 1. The Kier molecular flexibility index (Phi) is 4.66. The molecule has 146 valence electrons. The number of pyridine rings is 1. The summed E-state index contributed by atoms with van der Waals surface area (Å²) in [5.74, 6) is 0. The number of aryl methyl sites for hydroxylation is 1. The van der Waals surface area contributed by atoms with Gasteiger partial charge < -0.3 is 4.85 Å². The number of thiophene rings is 1. The predicted molar refractivity (Wildman–Crippen MR) is 116 cm³/mol. The summed E-state index contributed by atoms with van der Waals surface area (Å²) in [5.41, 5.74) is 5.36. The molecule has 1 aliphatic heterocycles. The lowest BCUT2D eigenvalue weighted by molar-refractivity contribution is 0.217. The molecular weight excluding hydrogens is 380 g/mol. The SMILES string of the molecule is [C-]#[N+]C1CCN(Cc2ccc(-c3cnc4ccc(-c5cn[nH]c5C)cn34)s2)CC1. The van der Waals surface area contributed by atoms with E-state index in [1.54, 1.807) is 0 Å². The van der Waals surface area contributed by atoms with Gasteiger partial charge in [-0.3, -0.25) is 14.4 Å². The fourth-order valence-electron chi connectivity index (χ4n) is 3.99. The lowest BCUT2D eigenvalue weighted by atomic mass is 10.1. The third-order valence-electron chi connectivity index (χ3n) is 5.68. The molecule has 29 heavy (non-hydrogen) atoms. The van der Waals surface area contributed by atoms with Crippen LogP contribution in [0.25, 0.3) is 32.2 Å². The monoisotopic (exact) mass is 402 g/mol. The maximum atomic E-state index is 7.20. The molecular formula is C22H22N6S. The van der Waals surface area contributed by atoms with Crippen molar-refractivity contribution >= 4 is 17.0 Å². The molecule has 5 rings (SSSR count). The number of piperidine rings is 1. The summed E-state index contributed by atoms with van der Waals surface area (Å²) >= 11 is 1.83. The first-order chi connectivity index (χ1) is 14.2. The second kappa shape index (κ2) is 7.47. The normalized spacial score (nSPS) is 15.7. The first-order valence-corrected chi connectivity index (χ1v) is 10.7. The van der Waals surface area contributed by atoms with Gasteiger partial charge in [0.05, 0.1) is 23.0 Å². The molecule has 0 unspecified atom stereocenters. The Morgan fingerprint density at radius 2 is 2.07 bits per heavy atom. The van der Waals surface area contributed by atoms with Gasteiger partial charge in [0.25, 0.3) is 0 Å². The average Bonchev–Trinajstić information content (AvgIpc) is 3.47. The number of aromatic nitrogens is 4. The van der Waals surface area contributed by atoms with Gasteiger partial charge in [0.2, 0.25) is 6.04 Å². The van der Waals surface area contributed by atoms with Gasteiger partial charge in [-0.25, -0.2) is 11.6 Å². The van der Waals surface area contributed by atoms with Crippen LogP contribution >= 0.6 is 11.3 Å². The number of imidazole rings is 1. The molecule has 0 radical (unpaired) electrons. The molecule has 0 aliphatic carbocycles. The number of aromatic amines is 1. The first-order valence-electron chi connectivity index (χ1n) is 9.87. The standard InChI is InChI=1S/C22H22N6S/c1-15-19(11-25-26-15)16-3-6-22-24-12-20(28(22)13-16)21-5-4-18(29-21)14-27-9-7-17(23-2)8-10-27/h3-6,11-13,17H,7-10,14H2,1H3,(H,25,26). The molecule has 1 N–H and O–H groups in total. The summed E-state index contributed by atoms with van der Waals surface area (Å²) in [4.78, 5) is 13.3. The molecule has 0 aromatic carbocycles. The Balaban J connectivity index is 1.40. The lowest BCUT2D eigenvalue weighted by Crippen LogP contribution is -2.34. The van der Waals surface area contributed by atoms with Crippen LogP contribution in [0.1, 0.15) is 23.4 Å². The number of hydrogen-bond acceptors (Lipinski definition) is 4. The number of hydrogen-bond donors (Lipinski definition) is 1. The van der Waals surface area contributed by atoms with Crippen molar-refractivity contribution in [2.45, 2.75) is 32.4 Å². The highest BCUT2D eigenvalue weighted by Crippen LogP contribution is 2.31. The molecule has 1 saturated heterocycles. The van der Waals surface area contributed by atoms with Crippen molar-refractivity contribution in [2.75, 3.05) is 13.1 Å². The van der Waals surface area contributed by atoms with Crippen LogP contribution in [0, 0.1) is 13.5 Å². The van der Waals surface area contributed by atoms with E-state index in [0.29, 0.717) is 0 Å². The van der Waals surface area contributed by atoms with Gasteiger partial charge in [0, 0.05) is 60.4 Å². The molecule has 1 aliphatic rings. The zero-order valence-corrected chi connectivity index (χ0v) is 17.1. The summed E-state index contributed by atoms with van der Waals surface area (Å²) in [6.45, 7) is 12.2. The minimum absolute atomic E-state index is 0.219. The van der Waals surface area contributed by atoms with Crippen molar-refractivity contribution in [1.82, 2.24) is 24.5 Å². The van der Waals surface area contributed by atoms with Crippen molar-refractivity contribution in [3.05, 3.63) is 64.8 Å². The molecule has 0 bridgehead atoms. The summed E-state index contributed by atoms with van der Waals surface area (Å²) < 4.78 is 2.17. The van der Waals surface area contributed by atoms with Crippen LogP contribution in [0.5, 0.6) is 0 Å². The third kappa shape index (κ3) is 3.46. The van der Waals surface area contributed by atoms with Crippen molar-refractivity contribution in [2.24, 2.45) is 0 Å². The maximum absolute atomic E-state index is 7.20. The van der Waals surface area contributed by atoms with Crippen molar-refractivity contribution < 1.29 is 0 Å². The van der Waals surface area contributed by atoms with E-state index >= 15 is 0 Å².